The van der Waals surface area contributed by atoms with Crippen molar-refractivity contribution in [2.45, 2.75) is 91.6 Å². The lowest BCUT2D eigenvalue weighted by Crippen LogP contribution is -2.14. The van der Waals surface area contributed by atoms with Crippen LogP contribution in [0.15, 0.2) is 24.3 Å². The van der Waals surface area contributed by atoms with Gasteiger partial charge in [0.15, 0.2) is 0 Å². The first kappa shape index (κ1) is 22.4. The SMILES string of the molecule is CCCCCCc1c(C(C)C)nc(C(C)C)c(C(C)O)c1-c1ccccc1O. The number of benzene rings is 1. The van der Waals surface area contributed by atoms with Crippen LogP contribution in [0, 0.1) is 0 Å². The smallest absolute Gasteiger partial charge is 0.123 e. The topological polar surface area (TPSA) is 53.4 Å². The molecule has 0 aliphatic rings. The van der Waals surface area contributed by atoms with Gasteiger partial charge in [0.05, 0.1) is 6.10 Å². The molecule has 1 unspecified atom stereocenters. The maximum absolute atomic E-state index is 10.7. The molecular weight excluding hydrogens is 346 g/mol. The van der Waals surface area contributed by atoms with Crippen molar-refractivity contribution < 1.29 is 10.2 Å². The second kappa shape index (κ2) is 10.1. The third-order valence-electron chi connectivity index (χ3n) is 5.36. The highest BCUT2D eigenvalue weighted by atomic mass is 16.3. The quantitative estimate of drug-likeness (QED) is 0.464. The molecule has 0 bridgehead atoms. The van der Waals surface area contributed by atoms with Crippen molar-refractivity contribution in [2.24, 2.45) is 0 Å². The van der Waals surface area contributed by atoms with Crippen molar-refractivity contribution in [3.63, 3.8) is 0 Å². The van der Waals surface area contributed by atoms with Crippen molar-refractivity contribution >= 4 is 0 Å². The summed E-state index contributed by atoms with van der Waals surface area (Å²) in [5, 5.41) is 21.4. The van der Waals surface area contributed by atoms with Gasteiger partial charge in [-0.05, 0) is 48.8 Å². The first-order valence-electron chi connectivity index (χ1n) is 10.8. The summed E-state index contributed by atoms with van der Waals surface area (Å²) in [6.45, 7) is 12.6. The van der Waals surface area contributed by atoms with Gasteiger partial charge in [0.2, 0.25) is 0 Å². The Bertz CT molecular complexity index is 778. The highest BCUT2D eigenvalue weighted by molar-refractivity contribution is 5.78. The number of para-hydroxylation sites is 1. The molecule has 0 spiro atoms. The first-order chi connectivity index (χ1) is 13.3. The lowest BCUT2D eigenvalue weighted by Gasteiger charge is -2.26. The second-order valence-electron chi connectivity index (χ2n) is 8.46. The van der Waals surface area contributed by atoms with E-state index in [1.165, 1.54) is 24.8 Å². The average Bonchev–Trinajstić information content (AvgIpc) is 2.64. The second-order valence-corrected chi connectivity index (χ2v) is 8.46. The summed E-state index contributed by atoms with van der Waals surface area (Å²) in [5.41, 5.74) is 5.89. The van der Waals surface area contributed by atoms with Crippen LogP contribution in [-0.2, 0) is 6.42 Å². The van der Waals surface area contributed by atoms with Crippen LogP contribution in [0.1, 0.15) is 108 Å². The number of phenols is 1. The number of aliphatic hydroxyl groups excluding tert-OH is 1. The van der Waals surface area contributed by atoms with Crippen LogP contribution in [0.4, 0.5) is 0 Å². The molecule has 0 aliphatic carbocycles. The normalized spacial score (nSPS) is 12.8. The van der Waals surface area contributed by atoms with Gasteiger partial charge in [0.1, 0.15) is 5.75 Å². The fraction of sp³-hybridized carbons (Fsp3) is 0.560. The molecule has 1 atom stereocenters. The minimum Gasteiger partial charge on any atom is -0.507 e. The molecule has 1 aromatic carbocycles. The van der Waals surface area contributed by atoms with Crippen LogP contribution >= 0.6 is 0 Å². The van der Waals surface area contributed by atoms with E-state index in [4.69, 9.17) is 4.98 Å². The summed E-state index contributed by atoms with van der Waals surface area (Å²) in [5.74, 6) is 0.738. The molecule has 1 heterocycles. The Morgan fingerprint density at radius 2 is 1.54 bits per heavy atom. The Balaban J connectivity index is 2.82. The zero-order chi connectivity index (χ0) is 20.8. The third kappa shape index (κ3) is 4.94. The van der Waals surface area contributed by atoms with Gasteiger partial charge in [-0.1, -0.05) is 72.1 Å². The molecule has 3 heteroatoms. The Morgan fingerprint density at radius 3 is 2.07 bits per heavy atom. The summed E-state index contributed by atoms with van der Waals surface area (Å²) < 4.78 is 0. The van der Waals surface area contributed by atoms with Crippen molar-refractivity contribution in [2.75, 3.05) is 0 Å². The van der Waals surface area contributed by atoms with Gasteiger partial charge < -0.3 is 10.2 Å². The van der Waals surface area contributed by atoms with Crippen LogP contribution in [0.2, 0.25) is 0 Å². The summed E-state index contributed by atoms with van der Waals surface area (Å²) in [4.78, 5) is 5.07. The zero-order valence-corrected chi connectivity index (χ0v) is 18.4. The molecule has 0 amide bonds. The molecule has 28 heavy (non-hydrogen) atoms. The van der Waals surface area contributed by atoms with Gasteiger partial charge in [0, 0.05) is 22.5 Å². The lowest BCUT2D eigenvalue weighted by atomic mass is 9.83. The lowest BCUT2D eigenvalue weighted by molar-refractivity contribution is 0.197. The van der Waals surface area contributed by atoms with Gasteiger partial charge in [-0.15, -0.1) is 0 Å². The Kier molecular flexibility index (Phi) is 8.06. The Morgan fingerprint density at radius 1 is 0.893 bits per heavy atom. The standard InChI is InChI=1S/C25H37NO2/c1-7-8-9-10-14-20-23(19-13-11-12-15-21(19)28)22(18(6)27)25(17(4)5)26-24(20)16(2)3/h11-13,15-18,27-28H,7-10,14H2,1-6H3. The molecule has 0 saturated heterocycles. The molecule has 154 valence electrons. The molecule has 0 fully saturated rings. The van der Waals surface area contributed by atoms with E-state index in [0.717, 1.165) is 40.9 Å². The van der Waals surface area contributed by atoms with Crippen LogP contribution in [0.25, 0.3) is 11.1 Å². The monoisotopic (exact) mass is 383 g/mol. The summed E-state index contributed by atoms with van der Waals surface area (Å²) >= 11 is 0. The molecule has 0 aliphatic heterocycles. The van der Waals surface area contributed by atoms with Crippen LogP contribution < -0.4 is 0 Å². The number of aliphatic hydroxyl groups is 1. The van der Waals surface area contributed by atoms with E-state index in [9.17, 15) is 10.2 Å². The van der Waals surface area contributed by atoms with Gasteiger partial charge in [-0.2, -0.15) is 0 Å². The summed E-state index contributed by atoms with van der Waals surface area (Å²) in [6.07, 6.45) is 4.98. The molecule has 3 nitrogen and oxygen atoms in total. The molecule has 1 aromatic heterocycles. The van der Waals surface area contributed by atoms with Crippen LogP contribution in [0.3, 0.4) is 0 Å². The molecule has 2 aromatic rings. The van der Waals surface area contributed by atoms with Crippen molar-refractivity contribution in [1.82, 2.24) is 4.98 Å². The van der Waals surface area contributed by atoms with Crippen molar-refractivity contribution in [3.05, 3.63) is 46.8 Å². The third-order valence-corrected chi connectivity index (χ3v) is 5.36. The summed E-state index contributed by atoms with van der Waals surface area (Å²) in [7, 11) is 0. The van der Waals surface area contributed by atoms with Crippen molar-refractivity contribution in [3.8, 4) is 16.9 Å². The largest absolute Gasteiger partial charge is 0.507 e. The number of pyridine rings is 1. The highest BCUT2D eigenvalue weighted by Crippen LogP contribution is 2.42. The number of phenolic OH excluding ortho intramolecular Hbond substituents is 1. The van der Waals surface area contributed by atoms with E-state index in [-0.39, 0.29) is 17.6 Å². The predicted octanol–water partition coefficient (Wildman–Crippen LogP) is 6.88. The maximum atomic E-state index is 10.7. The zero-order valence-electron chi connectivity index (χ0n) is 18.4. The number of rotatable bonds is 9. The van der Waals surface area contributed by atoms with Crippen molar-refractivity contribution in [1.29, 1.82) is 0 Å². The number of aromatic hydroxyl groups is 1. The minimum absolute atomic E-state index is 0.195. The maximum Gasteiger partial charge on any atom is 0.123 e. The number of aromatic nitrogens is 1. The van der Waals surface area contributed by atoms with Gasteiger partial charge in [0.25, 0.3) is 0 Å². The first-order valence-corrected chi connectivity index (χ1v) is 10.8. The van der Waals surface area contributed by atoms with Gasteiger partial charge >= 0.3 is 0 Å². The minimum atomic E-state index is -0.643. The Hall–Kier alpha value is -1.87. The number of hydrogen-bond donors (Lipinski definition) is 2. The van der Waals surface area contributed by atoms with Crippen LogP contribution in [0.5, 0.6) is 5.75 Å². The fourth-order valence-corrected chi connectivity index (χ4v) is 3.99. The predicted molar refractivity (Wildman–Crippen MR) is 118 cm³/mol. The fourth-order valence-electron chi connectivity index (χ4n) is 3.99. The van der Waals surface area contributed by atoms with E-state index >= 15 is 0 Å². The number of nitrogens with zero attached hydrogens (tertiary/aromatic N) is 1. The highest BCUT2D eigenvalue weighted by Gasteiger charge is 2.26. The molecule has 2 rings (SSSR count). The number of hydrogen-bond acceptors (Lipinski definition) is 3. The van der Waals surface area contributed by atoms with Gasteiger partial charge in [-0.3, -0.25) is 4.98 Å². The van der Waals surface area contributed by atoms with E-state index in [2.05, 4.69) is 34.6 Å². The molecular formula is C25H37NO2. The van der Waals surface area contributed by atoms with E-state index in [0.29, 0.717) is 0 Å². The average molecular weight is 384 g/mol. The molecule has 0 radical (unpaired) electrons. The Labute approximate surface area is 170 Å². The van der Waals surface area contributed by atoms with Gasteiger partial charge in [-0.25, -0.2) is 0 Å². The van der Waals surface area contributed by atoms with E-state index in [1.807, 2.05) is 25.1 Å². The van der Waals surface area contributed by atoms with E-state index < -0.39 is 6.10 Å². The van der Waals surface area contributed by atoms with Crippen LogP contribution in [-0.4, -0.2) is 15.2 Å². The molecule has 2 N–H and O–H groups in total. The molecule has 0 saturated carbocycles. The number of unbranched alkanes of at least 4 members (excludes halogenated alkanes) is 3. The van der Waals surface area contributed by atoms with E-state index in [1.54, 1.807) is 6.07 Å². The summed E-state index contributed by atoms with van der Waals surface area (Å²) in [6, 6.07) is 7.48.